The molecule has 4 aromatic heterocycles. The van der Waals surface area contributed by atoms with Gasteiger partial charge in [-0.2, -0.15) is 10.1 Å². The third kappa shape index (κ3) is 3.93. The zero-order chi connectivity index (χ0) is 24.5. The number of piperazine rings is 1. The van der Waals surface area contributed by atoms with Gasteiger partial charge < -0.3 is 15.3 Å². The summed E-state index contributed by atoms with van der Waals surface area (Å²) in [4.78, 5) is 23.7. The van der Waals surface area contributed by atoms with Gasteiger partial charge in [-0.05, 0) is 34.2 Å². The Morgan fingerprint density at radius 1 is 1.06 bits per heavy atom. The molecule has 0 unspecified atom stereocenters. The van der Waals surface area contributed by atoms with E-state index in [4.69, 9.17) is 15.0 Å². The molecule has 10 nitrogen and oxygen atoms in total. The fourth-order valence-corrected chi connectivity index (χ4v) is 6.25. The summed E-state index contributed by atoms with van der Waals surface area (Å²) in [5.41, 5.74) is 2.28. The molecule has 2 saturated heterocycles. The summed E-state index contributed by atoms with van der Waals surface area (Å²) in [7, 11) is 4.02. The first-order valence-corrected chi connectivity index (χ1v) is 12.6. The molecule has 35 heavy (non-hydrogen) atoms. The largest absolute Gasteiger partial charge is 0.384 e. The second-order valence-corrected chi connectivity index (χ2v) is 11.1. The van der Waals surface area contributed by atoms with Gasteiger partial charge in [0.2, 0.25) is 5.95 Å². The van der Waals surface area contributed by atoms with Crippen LogP contribution in [0.2, 0.25) is 0 Å². The lowest BCUT2D eigenvalue weighted by Crippen LogP contribution is -2.45. The molecule has 2 aliphatic rings. The van der Waals surface area contributed by atoms with Crippen LogP contribution in [0.4, 0.5) is 17.6 Å². The molecule has 182 valence electrons. The van der Waals surface area contributed by atoms with Crippen LogP contribution in [0.5, 0.6) is 0 Å². The van der Waals surface area contributed by atoms with Crippen molar-refractivity contribution in [2.45, 2.75) is 44.9 Å². The lowest BCUT2D eigenvalue weighted by molar-refractivity contribution is 0.0702. The van der Waals surface area contributed by atoms with E-state index in [9.17, 15) is 5.11 Å². The molecule has 2 fully saturated rings. The van der Waals surface area contributed by atoms with E-state index >= 15 is 0 Å². The number of aromatic nitrogens is 6. The van der Waals surface area contributed by atoms with Crippen molar-refractivity contribution in [3.63, 3.8) is 0 Å². The Bertz CT molecular complexity index is 1420. The van der Waals surface area contributed by atoms with Crippen molar-refractivity contribution < 1.29 is 5.11 Å². The number of fused-ring (bicyclic) bond motifs is 3. The van der Waals surface area contributed by atoms with Crippen LogP contribution in [0.3, 0.4) is 0 Å². The van der Waals surface area contributed by atoms with Crippen molar-refractivity contribution in [1.82, 2.24) is 34.6 Å². The van der Waals surface area contributed by atoms with Crippen LogP contribution in [0.25, 0.3) is 20.8 Å². The van der Waals surface area contributed by atoms with Crippen molar-refractivity contribution in [1.29, 1.82) is 0 Å². The van der Waals surface area contributed by atoms with Crippen LogP contribution < -0.4 is 10.2 Å². The number of anilines is 3. The highest BCUT2D eigenvalue weighted by Crippen LogP contribution is 2.37. The molecule has 2 atom stereocenters. The van der Waals surface area contributed by atoms with Crippen LogP contribution in [-0.2, 0) is 12.6 Å². The molecule has 0 aliphatic carbocycles. The molecule has 2 N–H and O–H groups in total. The van der Waals surface area contributed by atoms with Gasteiger partial charge in [0.25, 0.3) is 0 Å². The van der Waals surface area contributed by atoms with E-state index < -0.39 is 5.60 Å². The van der Waals surface area contributed by atoms with Crippen molar-refractivity contribution in [3.8, 4) is 10.6 Å². The average Bonchev–Trinajstić information content (AvgIpc) is 3.54. The standard InChI is InChI=1S/C24H29N9OS/c1-13-6-20(30-23(27-13)33-12-14-7-15(33)11-31(14)4)29-19-8-17-18(10-25-19)35-22(28-17)16-9-26-32(5)21(16)24(2,3)34/h6,8-10,14-15,34H,7,11-12H2,1-5H3,(H,25,27,29,30)/t14-,15-/m0/s1. The fourth-order valence-electron chi connectivity index (χ4n) is 5.33. The van der Waals surface area contributed by atoms with Gasteiger partial charge in [0.1, 0.15) is 22.2 Å². The summed E-state index contributed by atoms with van der Waals surface area (Å²) in [5.74, 6) is 2.18. The van der Waals surface area contributed by atoms with Gasteiger partial charge in [-0.1, -0.05) is 0 Å². The van der Waals surface area contributed by atoms with Gasteiger partial charge in [0.05, 0.1) is 27.7 Å². The van der Waals surface area contributed by atoms with E-state index in [1.54, 1.807) is 24.7 Å². The predicted octanol–water partition coefficient (Wildman–Crippen LogP) is 3.05. The maximum atomic E-state index is 10.6. The van der Waals surface area contributed by atoms with E-state index in [0.29, 0.717) is 17.9 Å². The molecule has 0 spiro atoms. The molecular formula is C24H29N9OS. The molecular weight excluding hydrogens is 462 g/mol. The minimum Gasteiger partial charge on any atom is -0.384 e. The molecule has 0 radical (unpaired) electrons. The summed E-state index contributed by atoms with van der Waals surface area (Å²) < 4.78 is 2.67. The molecule has 4 aromatic rings. The second-order valence-electron chi connectivity index (χ2n) is 10.1. The molecule has 0 aromatic carbocycles. The highest BCUT2D eigenvalue weighted by Gasteiger charge is 2.42. The van der Waals surface area contributed by atoms with Crippen LogP contribution in [0.15, 0.2) is 24.5 Å². The molecule has 2 aliphatic heterocycles. The number of aliphatic hydroxyl groups is 1. The summed E-state index contributed by atoms with van der Waals surface area (Å²) in [6, 6.07) is 4.93. The van der Waals surface area contributed by atoms with Crippen molar-refractivity contribution >= 4 is 39.1 Å². The Labute approximate surface area is 207 Å². The monoisotopic (exact) mass is 491 g/mol. The summed E-state index contributed by atoms with van der Waals surface area (Å²) in [6.45, 7) is 7.54. The molecule has 0 saturated carbocycles. The topological polar surface area (TPSA) is 108 Å². The van der Waals surface area contributed by atoms with Crippen molar-refractivity contribution in [2.24, 2.45) is 7.05 Å². The first-order chi connectivity index (χ1) is 16.7. The first-order valence-electron chi connectivity index (χ1n) is 11.8. The van der Waals surface area contributed by atoms with Crippen molar-refractivity contribution in [2.75, 3.05) is 30.4 Å². The highest BCUT2D eigenvalue weighted by molar-refractivity contribution is 7.21. The van der Waals surface area contributed by atoms with Crippen LogP contribution >= 0.6 is 11.3 Å². The van der Waals surface area contributed by atoms with Gasteiger partial charge in [0.15, 0.2) is 0 Å². The number of thiazole rings is 1. The van der Waals surface area contributed by atoms with Crippen LogP contribution in [0.1, 0.15) is 31.7 Å². The molecule has 0 amide bonds. The maximum Gasteiger partial charge on any atom is 0.227 e. The number of nitrogens with zero attached hydrogens (tertiary/aromatic N) is 8. The smallest absolute Gasteiger partial charge is 0.227 e. The maximum absolute atomic E-state index is 10.6. The number of likely N-dealkylation sites (N-methyl/N-ethyl adjacent to an activating group) is 1. The number of nitrogens with one attached hydrogen (secondary N) is 1. The van der Waals surface area contributed by atoms with Gasteiger partial charge in [-0.15, -0.1) is 11.3 Å². The van der Waals surface area contributed by atoms with Crippen LogP contribution in [0, 0.1) is 6.92 Å². The quantitative estimate of drug-likeness (QED) is 0.435. The van der Waals surface area contributed by atoms with E-state index in [0.717, 1.165) is 57.0 Å². The second kappa shape index (κ2) is 7.94. The summed E-state index contributed by atoms with van der Waals surface area (Å²) in [6.07, 6.45) is 4.75. The third-order valence-corrected chi connectivity index (χ3v) is 7.93. The average molecular weight is 492 g/mol. The van der Waals surface area contributed by atoms with Gasteiger partial charge >= 0.3 is 0 Å². The Hall–Kier alpha value is -3.15. The minimum absolute atomic E-state index is 0.476. The van der Waals surface area contributed by atoms with E-state index in [-0.39, 0.29) is 0 Å². The SMILES string of the molecule is Cc1cc(Nc2cc3nc(-c4cnn(C)c4C(C)(C)O)sc3cn2)nc(N2C[C@@H]3C[C@H]2CN3C)n1. The normalized spacial score (nSPS) is 20.3. The van der Waals surface area contributed by atoms with Gasteiger partial charge in [-0.3, -0.25) is 9.58 Å². The Morgan fingerprint density at radius 3 is 2.60 bits per heavy atom. The lowest BCUT2D eigenvalue weighted by atomic mass is 10.0. The Kier molecular flexibility index (Phi) is 5.06. The third-order valence-electron chi connectivity index (χ3n) is 6.89. The van der Waals surface area contributed by atoms with Gasteiger partial charge in [0, 0.05) is 56.2 Å². The molecule has 2 bridgehead atoms. The highest BCUT2D eigenvalue weighted by atomic mass is 32.1. The number of aryl methyl sites for hydroxylation is 2. The Morgan fingerprint density at radius 2 is 1.89 bits per heavy atom. The van der Waals surface area contributed by atoms with Gasteiger partial charge in [-0.25, -0.2) is 15.0 Å². The fraction of sp³-hybridized carbons (Fsp3) is 0.458. The van der Waals surface area contributed by atoms with Crippen LogP contribution in [-0.4, -0.2) is 71.9 Å². The predicted molar refractivity (Wildman–Crippen MR) is 137 cm³/mol. The number of rotatable bonds is 5. The number of pyridine rings is 1. The molecule has 6 heterocycles. The van der Waals surface area contributed by atoms with E-state index in [1.165, 1.54) is 17.8 Å². The Balaban J connectivity index is 1.28. The summed E-state index contributed by atoms with van der Waals surface area (Å²) >= 11 is 1.54. The first kappa shape index (κ1) is 22.3. The molecule has 11 heteroatoms. The zero-order valence-corrected chi connectivity index (χ0v) is 21.3. The van der Waals surface area contributed by atoms with E-state index in [1.807, 2.05) is 32.3 Å². The van der Waals surface area contributed by atoms with E-state index in [2.05, 4.69) is 32.2 Å². The number of hydrogen-bond acceptors (Lipinski definition) is 10. The summed E-state index contributed by atoms with van der Waals surface area (Å²) in [5, 5.41) is 19.1. The lowest BCUT2D eigenvalue weighted by Gasteiger charge is -2.32. The zero-order valence-electron chi connectivity index (χ0n) is 20.5. The van der Waals surface area contributed by atoms with Crippen molar-refractivity contribution in [3.05, 3.63) is 35.9 Å². The number of likely N-dealkylation sites (tertiary alicyclic amines) is 1. The number of hydrogen-bond donors (Lipinski definition) is 2. The molecule has 6 rings (SSSR count). The minimum atomic E-state index is -1.03.